The van der Waals surface area contributed by atoms with Gasteiger partial charge in [-0.15, -0.1) is 11.3 Å². The Hall–Kier alpha value is -1.12. The average Bonchev–Trinajstić information content (AvgIpc) is 2.88. The molecule has 19 heavy (non-hydrogen) atoms. The summed E-state index contributed by atoms with van der Waals surface area (Å²) in [6.07, 6.45) is 3.93. The fourth-order valence-electron chi connectivity index (χ4n) is 3.23. The van der Waals surface area contributed by atoms with Crippen LogP contribution in [0.25, 0.3) is 0 Å². The van der Waals surface area contributed by atoms with Gasteiger partial charge in [0.2, 0.25) is 0 Å². The standard InChI is InChI=1S/C17H20OS/c1-13-9-12-19-16(13)17(18)10-7-15(8-11-17)14-5-3-2-4-6-14/h2-6,9,12,15,18H,7-8,10-11H2,1H3. The molecule has 1 aromatic heterocycles. The maximum Gasteiger partial charge on any atom is 0.0990 e. The van der Waals surface area contributed by atoms with Gasteiger partial charge in [-0.1, -0.05) is 30.3 Å². The molecule has 0 aliphatic heterocycles. The summed E-state index contributed by atoms with van der Waals surface area (Å²) < 4.78 is 0. The van der Waals surface area contributed by atoms with E-state index < -0.39 is 5.60 Å². The van der Waals surface area contributed by atoms with Crippen molar-refractivity contribution in [3.63, 3.8) is 0 Å². The molecule has 2 heteroatoms. The number of thiophene rings is 1. The first kappa shape index (κ1) is 12.9. The first-order chi connectivity index (χ1) is 9.19. The molecule has 1 aromatic carbocycles. The average molecular weight is 272 g/mol. The summed E-state index contributed by atoms with van der Waals surface area (Å²) in [5.74, 6) is 0.613. The first-order valence-corrected chi connectivity index (χ1v) is 7.89. The highest BCUT2D eigenvalue weighted by Crippen LogP contribution is 2.45. The van der Waals surface area contributed by atoms with Crippen molar-refractivity contribution >= 4 is 11.3 Å². The molecule has 1 aliphatic rings. The van der Waals surface area contributed by atoms with Gasteiger partial charge in [0.1, 0.15) is 0 Å². The molecule has 1 fully saturated rings. The monoisotopic (exact) mass is 272 g/mol. The normalized spacial score (nSPS) is 27.4. The molecule has 0 amide bonds. The maximum absolute atomic E-state index is 10.9. The van der Waals surface area contributed by atoms with Crippen LogP contribution in [0.2, 0.25) is 0 Å². The van der Waals surface area contributed by atoms with E-state index in [1.54, 1.807) is 11.3 Å². The lowest BCUT2D eigenvalue weighted by Crippen LogP contribution is -2.30. The predicted octanol–water partition coefficient (Wildman–Crippen LogP) is 4.60. The van der Waals surface area contributed by atoms with Crippen molar-refractivity contribution in [2.45, 2.75) is 44.1 Å². The van der Waals surface area contributed by atoms with Crippen LogP contribution in [0.1, 0.15) is 47.6 Å². The Morgan fingerprint density at radius 3 is 2.37 bits per heavy atom. The number of hydrogen-bond donors (Lipinski definition) is 1. The smallest absolute Gasteiger partial charge is 0.0990 e. The van der Waals surface area contributed by atoms with Crippen molar-refractivity contribution in [1.29, 1.82) is 0 Å². The van der Waals surface area contributed by atoms with Crippen LogP contribution in [-0.2, 0) is 5.60 Å². The van der Waals surface area contributed by atoms with Gasteiger partial charge in [-0.25, -0.2) is 0 Å². The van der Waals surface area contributed by atoms with E-state index in [-0.39, 0.29) is 0 Å². The first-order valence-electron chi connectivity index (χ1n) is 7.01. The lowest BCUT2D eigenvalue weighted by Gasteiger charge is -2.36. The van der Waals surface area contributed by atoms with Crippen molar-refractivity contribution in [3.05, 3.63) is 57.8 Å². The highest BCUT2D eigenvalue weighted by molar-refractivity contribution is 7.10. The second-order valence-electron chi connectivity index (χ2n) is 5.65. The number of aliphatic hydroxyl groups is 1. The van der Waals surface area contributed by atoms with Gasteiger partial charge in [0.25, 0.3) is 0 Å². The minimum atomic E-state index is -0.580. The zero-order valence-electron chi connectivity index (χ0n) is 11.3. The quantitative estimate of drug-likeness (QED) is 0.847. The third-order valence-corrected chi connectivity index (χ3v) is 5.58. The molecule has 0 unspecified atom stereocenters. The van der Waals surface area contributed by atoms with E-state index in [0.717, 1.165) is 25.7 Å². The van der Waals surface area contributed by atoms with Gasteiger partial charge in [0.05, 0.1) is 5.60 Å². The van der Waals surface area contributed by atoms with E-state index in [1.807, 2.05) is 0 Å². The highest BCUT2D eigenvalue weighted by atomic mass is 32.1. The lowest BCUT2D eigenvalue weighted by molar-refractivity contribution is -0.00276. The molecule has 1 heterocycles. The van der Waals surface area contributed by atoms with Crippen molar-refractivity contribution in [3.8, 4) is 0 Å². The van der Waals surface area contributed by atoms with Gasteiger partial charge in [-0.3, -0.25) is 0 Å². The summed E-state index contributed by atoms with van der Waals surface area (Å²) in [5.41, 5.74) is 2.09. The number of rotatable bonds is 2. The minimum Gasteiger partial charge on any atom is -0.384 e. The molecule has 0 atom stereocenters. The van der Waals surface area contributed by atoms with Gasteiger partial charge in [0, 0.05) is 4.88 Å². The molecule has 2 aromatic rings. The number of hydrogen-bond acceptors (Lipinski definition) is 2. The van der Waals surface area contributed by atoms with E-state index >= 15 is 0 Å². The second kappa shape index (κ2) is 5.10. The third kappa shape index (κ3) is 2.47. The van der Waals surface area contributed by atoms with Crippen molar-refractivity contribution < 1.29 is 5.11 Å². The van der Waals surface area contributed by atoms with Crippen molar-refractivity contribution in [2.24, 2.45) is 0 Å². The fraction of sp³-hybridized carbons (Fsp3) is 0.412. The van der Waals surface area contributed by atoms with Gasteiger partial charge < -0.3 is 5.11 Å². The highest BCUT2D eigenvalue weighted by Gasteiger charge is 2.36. The Balaban J connectivity index is 1.75. The topological polar surface area (TPSA) is 20.2 Å². The largest absolute Gasteiger partial charge is 0.384 e. The molecule has 1 nitrogen and oxygen atoms in total. The predicted molar refractivity (Wildman–Crippen MR) is 80.6 cm³/mol. The van der Waals surface area contributed by atoms with Crippen LogP contribution in [0.5, 0.6) is 0 Å². The summed E-state index contributed by atoms with van der Waals surface area (Å²) in [6.45, 7) is 2.10. The van der Waals surface area contributed by atoms with Crippen LogP contribution >= 0.6 is 11.3 Å². The van der Waals surface area contributed by atoms with E-state index in [2.05, 4.69) is 48.7 Å². The zero-order valence-corrected chi connectivity index (χ0v) is 12.1. The fourth-order valence-corrected chi connectivity index (χ4v) is 4.32. The van der Waals surface area contributed by atoms with E-state index in [1.165, 1.54) is 16.0 Å². The summed E-state index contributed by atoms with van der Waals surface area (Å²) in [5, 5.41) is 13.0. The van der Waals surface area contributed by atoms with E-state index in [9.17, 15) is 5.11 Å². The SMILES string of the molecule is Cc1ccsc1C1(O)CCC(c2ccccc2)CC1. The van der Waals surface area contributed by atoms with Crippen LogP contribution in [-0.4, -0.2) is 5.11 Å². The Morgan fingerprint density at radius 1 is 1.11 bits per heavy atom. The second-order valence-corrected chi connectivity index (χ2v) is 6.57. The van der Waals surface area contributed by atoms with Crippen LogP contribution in [0.3, 0.4) is 0 Å². The molecule has 0 saturated heterocycles. The van der Waals surface area contributed by atoms with E-state index in [4.69, 9.17) is 0 Å². The van der Waals surface area contributed by atoms with Gasteiger partial charge >= 0.3 is 0 Å². The summed E-state index contributed by atoms with van der Waals surface area (Å²) in [7, 11) is 0. The van der Waals surface area contributed by atoms with Crippen molar-refractivity contribution in [2.75, 3.05) is 0 Å². The molecule has 1 aliphatic carbocycles. The molecule has 0 spiro atoms. The Labute approximate surface area is 118 Å². The number of benzene rings is 1. The van der Waals surface area contributed by atoms with Crippen LogP contribution in [0, 0.1) is 6.92 Å². The molecule has 100 valence electrons. The van der Waals surface area contributed by atoms with Gasteiger partial charge in [0.15, 0.2) is 0 Å². The molecule has 1 saturated carbocycles. The van der Waals surface area contributed by atoms with Crippen LogP contribution in [0.15, 0.2) is 41.8 Å². The lowest BCUT2D eigenvalue weighted by atomic mass is 9.75. The summed E-state index contributed by atoms with van der Waals surface area (Å²) in [6, 6.07) is 12.8. The van der Waals surface area contributed by atoms with E-state index in [0.29, 0.717) is 5.92 Å². The Bertz CT molecular complexity index is 535. The Morgan fingerprint density at radius 2 is 1.79 bits per heavy atom. The maximum atomic E-state index is 10.9. The molecule has 1 N–H and O–H groups in total. The van der Waals surface area contributed by atoms with Gasteiger partial charge in [-0.2, -0.15) is 0 Å². The molecule has 0 bridgehead atoms. The summed E-state index contributed by atoms with van der Waals surface area (Å²) in [4.78, 5) is 1.18. The molecular formula is C17H20OS. The molecule has 3 rings (SSSR count). The van der Waals surface area contributed by atoms with Crippen molar-refractivity contribution in [1.82, 2.24) is 0 Å². The summed E-state index contributed by atoms with van der Waals surface area (Å²) >= 11 is 1.70. The van der Waals surface area contributed by atoms with Crippen LogP contribution in [0.4, 0.5) is 0 Å². The molecule has 0 radical (unpaired) electrons. The number of aryl methyl sites for hydroxylation is 1. The third-order valence-electron chi connectivity index (χ3n) is 4.37. The minimum absolute atomic E-state index is 0.580. The van der Waals surface area contributed by atoms with Crippen LogP contribution < -0.4 is 0 Å². The van der Waals surface area contributed by atoms with Gasteiger partial charge in [-0.05, 0) is 61.1 Å². The Kier molecular flexibility index (Phi) is 3.46. The molecular weight excluding hydrogens is 252 g/mol. The zero-order chi connectivity index (χ0) is 13.3.